The molecule has 0 radical (unpaired) electrons. The Morgan fingerprint density at radius 1 is 1.30 bits per heavy atom. The van der Waals surface area contributed by atoms with E-state index in [4.69, 9.17) is 0 Å². The number of carbonyl (C=O) groups excluding carboxylic acids is 2. The Bertz CT molecular complexity index is 649. The summed E-state index contributed by atoms with van der Waals surface area (Å²) in [4.78, 5) is 25.7. The molecule has 3 amide bonds. The van der Waals surface area contributed by atoms with Gasteiger partial charge >= 0.3 is 12.2 Å². The van der Waals surface area contributed by atoms with Gasteiger partial charge in [0, 0.05) is 12.6 Å². The van der Waals surface area contributed by atoms with Gasteiger partial charge in [0.05, 0.1) is 0 Å². The number of halogens is 3. The minimum absolute atomic E-state index is 0.175. The van der Waals surface area contributed by atoms with Crippen LogP contribution in [-0.2, 0) is 11.2 Å². The molecule has 150 valence electrons. The second-order valence-corrected chi connectivity index (χ2v) is 6.74. The lowest BCUT2D eigenvalue weighted by Gasteiger charge is -2.26. The Balaban J connectivity index is 1.82. The van der Waals surface area contributed by atoms with Crippen LogP contribution in [-0.4, -0.2) is 53.3 Å². The lowest BCUT2D eigenvalue weighted by atomic mass is 10.1. The number of aryl methyl sites for hydroxylation is 1. The van der Waals surface area contributed by atoms with Crippen molar-refractivity contribution in [2.45, 2.75) is 50.9 Å². The van der Waals surface area contributed by atoms with Gasteiger partial charge in [0.15, 0.2) is 0 Å². The predicted octanol–water partition coefficient (Wildman–Crippen LogP) is 2.57. The van der Waals surface area contributed by atoms with Crippen LogP contribution in [0.25, 0.3) is 0 Å². The summed E-state index contributed by atoms with van der Waals surface area (Å²) >= 11 is 0. The fourth-order valence-corrected chi connectivity index (χ4v) is 3.00. The summed E-state index contributed by atoms with van der Waals surface area (Å²) in [5.41, 5.74) is 1.01. The molecule has 0 aliphatic carbocycles. The zero-order chi connectivity index (χ0) is 20.0. The highest BCUT2D eigenvalue weighted by Gasteiger charge is 2.36. The Kier molecular flexibility index (Phi) is 6.92. The van der Waals surface area contributed by atoms with E-state index in [0.29, 0.717) is 32.2 Å². The maximum absolute atomic E-state index is 12.4. The summed E-state index contributed by atoms with van der Waals surface area (Å²) in [6.45, 7) is 0.758. The molecule has 9 heteroatoms. The van der Waals surface area contributed by atoms with E-state index >= 15 is 0 Å². The van der Waals surface area contributed by atoms with Gasteiger partial charge in [-0.15, -0.1) is 0 Å². The lowest BCUT2D eigenvalue weighted by Crippen LogP contribution is -2.52. The molecule has 2 rings (SSSR count). The molecule has 2 unspecified atom stereocenters. The molecule has 1 aliphatic rings. The van der Waals surface area contributed by atoms with Crippen LogP contribution in [0.15, 0.2) is 24.3 Å². The number of likely N-dealkylation sites (tertiary alicyclic amines) is 1. The number of carbonyl (C=O) groups is 2. The van der Waals surface area contributed by atoms with Crippen molar-refractivity contribution in [3.05, 3.63) is 29.8 Å². The van der Waals surface area contributed by atoms with Crippen LogP contribution in [0, 0.1) is 0 Å². The zero-order valence-corrected chi connectivity index (χ0v) is 15.1. The molecule has 3 N–H and O–H groups in total. The van der Waals surface area contributed by atoms with Gasteiger partial charge in [0.25, 0.3) is 0 Å². The van der Waals surface area contributed by atoms with Crippen molar-refractivity contribution in [3.8, 4) is 5.75 Å². The number of hydrogen-bond donors (Lipinski definition) is 3. The Hall–Kier alpha value is -2.45. The lowest BCUT2D eigenvalue weighted by molar-refractivity contribution is -0.140. The molecule has 2 atom stereocenters. The summed E-state index contributed by atoms with van der Waals surface area (Å²) in [7, 11) is 0. The third-order valence-corrected chi connectivity index (χ3v) is 4.45. The van der Waals surface area contributed by atoms with Crippen molar-refractivity contribution in [2.24, 2.45) is 0 Å². The number of amides is 3. The number of rotatable bonds is 6. The first-order valence-corrected chi connectivity index (χ1v) is 8.85. The molecule has 1 aromatic carbocycles. The van der Waals surface area contributed by atoms with Crippen LogP contribution < -0.4 is 10.6 Å². The van der Waals surface area contributed by atoms with Gasteiger partial charge < -0.3 is 20.6 Å². The van der Waals surface area contributed by atoms with E-state index in [-0.39, 0.29) is 11.8 Å². The number of nitrogens with one attached hydrogen (secondary N) is 2. The Morgan fingerprint density at radius 3 is 2.59 bits per heavy atom. The smallest absolute Gasteiger partial charge is 0.405 e. The number of hydrogen-bond acceptors (Lipinski definition) is 3. The van der Waals surface area contributed by atoms with Gasteiger partial charge in [-0.05, 0) is 50.3 Å². The number of aromatic hydroxyl groups is 1. The fraction of sp³-hybridized carbons (Fsp3) is 0.556. The van der Waals surface area contributed by atoms with Crippen LogP contribution in [0.4, 0.5) is 18.0 Å². The van der Waals surface area contributed by atoms with Crippen molar-refractivity contribution in [2.75, 3.05) is 13.1 Å². The predicted molar refractivity (Wildman–Crippen MR) is 93.2 cm³/mol. The van der Waals surface area contributed by atoms with Crippen LogP contribution in [0.2, 0.25) is 0 Å². The van der Waals surface area contributed by atoms with Gasteiger partial charge in [0.2, 0.25) is 5.91 Å². The van der Waals surface area contributed by atoms with Crippen LogP contribution in [0.5, 0.6) is 5.75 Å². The second-order valence-electron chi connectivity index (χ2n) is 6.74. The maximum atomic E-state index is 12.4. The minimum Gasteiger partial charge on any atom is -0.508 e. The molecule has 1 fully saturated rings. The highest BCUT2D eigenvalue weighted by molar-refractivity contribution is 5.87. The van der Waals surface area contributed by atoms with Gasteiger partial charge in [-0.3, -0.25) is 4.79 Å². The van der Waals surface area contributed by atoms with E-state index in [0.717, 1.165) is 5.56 Å². The second kappa shape index (κ2) is 8.96. The molecule has 0 spiro atoms. The average molecular weight is 387 g/mol. The highest BCUT2D eigenvalue weighted by Crippen LogP contribution is 2.19. The van der Waals surface area contributed by atoms with E-state index in [1.165, 1.54) is 4.90 Å². The van der Waals surface area contributed by atoms with Crippen molar-refractivity contribution in [1.29, 1.82) is 0 Å². The fourth-order valence-electron chi connectivity index (χ4n) is 3.00. The van der Waals surface area contributed by atoms with Crippen LogP contribution in [0.1, 0.15) is 31.7 Å². The first-order valence-electron chi connectivity index (χ1n) is 8.85. The standard InChI is InChI=1S/C18H24F3N3O3/c1-12(4-5-13-6-8-14(25)9-7-13)23-17(27)24-10-2-3-15(24)16(26)22-11-18(19,20)21/h6-9,12,15,25H,2-5,10-11H2,1H3,(H,22,26)(H,23,27). The Labute approximate surface area is 155 Å². The van der Waals surface area contributed by atoms with E-state index < -0.39 is 30.7 Å². The van der Waals surface area contributed by atoms with E-state index in [9.17, 15) is 27.9 Å². The molecule has 0 bridgehead atoms. The first-order chi connectivity index (χ1) is 12.7. The quantitative estimate of drug-likeness (QED) is 0.702. The number of phenols is 1. The summed E-state index contributed by atoms with van der Waals surface area (Å²) in [6, 6.07) is 5.27. The highest BCUT2D eigenvalue weighted by atomic mass is 19.4. The van der Waals surface area contributed by atoms with Crippen molar-refractivity contribution < 1.29 is 27.9 Å². The summed E-state index contributed by atoms with van der Waals surface area (Å²) < 4.78 is 36.8. The van der Waals surface area contributed by atoms with E-state index in [2.05, 4.69) is 5.32 Å². The minimum atomic E-state index is -4.48. The average Bonchev–Trinajstić information content (AvgIpc) is 3.08. The molecule has 1 aromatic rings. The normalized spacial score (nSPS) is 18.2. The number of nitrogens with zero attached hydrogens (tertiary/aromatic N) is 1. The molecular formula is C18H24F3N3O3. The van der Waals surface area contributed by atoms with Gasteiger partial charge in [-0.2, -0.15) is 13.2 Å². The SMILES string of the molecule is CC(CCc1ccc(O)cc1)NC(=O)N1CCCC1C(=O)NCC(F)(F)F. The van der Waals surface area contributed by atoms with E-state index in [1.54, 1.807) is 24.3 Å². The molecule has 0 aromatic heterocycles. The molecule has 6 nitrogen and oxygen atoms in total. The monoisotopic (exact) mass is 387 g/mol. The third kappa shape index (κ3) is 6.65. The molecule has 1 aliphatic heterocycles. The largest absolute Gasteiger partial charge is 0.508 e. The number of urea groups is 1. The van der Waals surface area contributed by atoms with Crippen molar-refractivity contribution >= 4 is 11.9 Å². The number of benzene rings is 1. The molecule has 1 heterocycles. The number of phenolic OH excluding ortho intramolecular Hbond substituents is 1. The molecule has 27 heavy (non-hydrogen) atoms. The molecular weight excluding hydrogens is 363 g/mol. The first kappa shape index (κ1) is 20.9. The number of alkyl halides is 3. The van der Waals surface area contributed by atoms with Crippen molar-refractivity contribution in [3.63, 3.8) is 0 Å². The molecule has 0 saturated carbocycles. The van der Waals surface area contributed by atoms with Crippen LogP contribution in [0.3, 0.4) is 0 Å². The van der Waals surface area contributed by atoms with Crippen molar-refractivity contribution in [1.82, 2.24) is 15.5 Å². The van der Waals surface area contributed by atoms with E-state index in [1.807, 2.05) is 12.2 Å². The summed E-state index contributed by atoms with van der Waals surface area (Å²) in [6.07, 6.45) is -2.23. The zero-order valence-electron chi connectivity index (χ0n) is 15.1. The van der Waals surface area contributed by atoms with Gasteiger partial charge in [0.1, 0.15) is 18.3 Å². The topological polar surface area (TPSA) is 81.7 Å². The summed E-state index contributed by atoms with van der Waals surface area (Å²) in [5, 5.41) is 13.9. The molecule has 1 saturated heterocycles. The summed E-state index contributed by atoms with van der Waals surface area (Å²) in [5.74, 6) is -0.597. The Morgan fingerprint density at radius 2 is 1.96 bits per heavy atom. The maximum Gasteiger partial charge on any atom is 0.405 e. The third-order valence-electron chi connectivity index (χ3n) is 4.45. The van der Waals surface area contributed by atoms with Gasteiger partial charge in [-0.1, -0.05) is 12.1 Å². The van der Waals surface area contributed by atoms with Gasteiger partial charge in [-0.25, -0.2) is 4.79 Å². The van der Waals surface area contributed by atoms with Crippen LogP contribution >= 0.6 is 0 Å².